The van der Waals surface area contributed by atoms with Crippen molar-refractivity contribution >= 4 is 24.2 Å². The first-order valence-electron chi connectivity index (χ1n) is 13.9. The van der Waals surface area contributed by atoms with Crippen LogP contribution in [0.25, 0.3) is 0 Å². The summed E-state index contributed by atoms with van der Waals surface area (Å²) >= 11 is 0. The number of rotatable bonds is 18. The molecular formula is C30H38O12. The maximum Gasteiger partial charge on any atom is 0.543 e. The second kappa shape index (κ2) is 19.8. The fourth-order valence-corrected chi connectivity index (χ4v) is 3.50. The summed E-state index contributed by atoms with van der Waals surface area (Å²) in [5.74, 6) is -1.68. The van der Waals surface area contributed by atoms with Gasteiger partial charge in [0, 0.05) is 0 Å². The first-order valence-corrected chi connectivity index (χ1v) is 13.9. The summed E-state index contributed by atoms with van der Waals surface area (Å²) in [6, 6.07) is 13.6. The normalized spacial score (nSPS) is 10.6. The first kappa shape index (κ1) is 34.0. The molecule has 0 N–H and O–H groups in total. The molecular weight excluding hydrogens is 552 g/mol. The Morgan fingerprint density at radius 2 is 0.976 bits per heavy atom. The number of hydrogen-bond acceptors (Lipinski definition) is 12. The van der Waals surface area contributed by atoms with E-state index in [1.165, 1.54) is 0 Å². The molecule has 0 unspecified atom stereocenters. The molecule has 0 bridgehead atoms. The Kier molecular flexibility index (Phi) is 16.1. The lowest BCUT2D eigenvalue weighted by Crippen LogP contribution is -2.15. The Morgan fingerprint density at radius 3 is 1.33 bits per heavy atom. The highest BCUT2D eigenvalue weighted by Crippen LogP contribution is 2.12. The maximum atomic E-state index is 11.9. The van der Waals surface area contributed by atoms with E-state index in [1.54, 1.807) is 24.3 Å². The number of unbranched alkanes of at least 4 members (excludes halogenated alkanes) is 2. The number of carbonyl (C=O) groups is 4. The molecule has 0 radical (unpaired) electrons. The van der Waals surface area contributed by atoms with Crippen molar-refractivity contribution in [1.29, 1.82) is 0 Å². The van der Waals surface area contributed by atoms with Crippen LogP contribution in [0.4, 0.5) is 9.59 Å². The lowest BCUT2D eigenvalue weighted by Gasteiger charge is -2.11. The second-order valence-electron chi connectivity index (χ2n) is 9.52. The molecule has 2 aromatic carbocycles. The van der Waals surface area contributed by atoms with Gasteiger partial charge in [-0.2, -0.15) is 0 Å². The molecule has 0 heterocycles. The molecule has 0 aromatic heterocycles. The largest absolute Gasteiger partial charge is 0.543 e. The van der Waals surface area contributed by atoms with E-state index in [0.717, 1.165) is 49.7 Å². The molecule has 0 aliphatic rings. The van der Waals surface area contributed by atoms with Gasteiger partial charge in [0.25, 0.3) is 0 Å². The van der Waals surface area contributed by atoms with E-state index in [-0.39, 0.29) is 30.3 Å². The van der Waals surface area contributed by atoms with E-state index in [1.807, 2.05) is 31.2 Å². The molecule has 0 amide bonds. The van der Waals surface area contributed by atoms with Crippen molar-refractivity contribution < 1.29 is 58.3 Å². The van der Waals surface area contributed by atoms with E-state index in [2.05, 4.69) is 43.5 Å². The third-order valence-corrected chi connectivity index (χ3v) is 6.10. The molecule has 0 atom stereocenters. The lowest BCUT2D eigenvalue weighted by molar-refractivity contribution is -0.452. The molecule has 0 aliphatic carbocycles. The van der Waals surface area contributed by atoms with Gasteiger partial charge in [0.1, 0.15) is 0 Å². The Balaban J connectivity index is 1.49. The molecule has 0 saturated carbocycles. The monoisotopic (exact) mass is 590 g/mol. The summed E-state index contributed by atoms with van der Waals surface area (Å²) < 4.78 is 9.68. The van der Waals surface area contributed by atoms with Crippen molar-refractivity contribution in [2.75, 3.05) is 13.2 Å². The topological polar surface area (TPSA) is 142 Å². The predicted molar refractivity (Wildman–Crippen MR) is 146 cm³/mol. The molecule has 0 fully saturated rings. The molecule has 0 aliphatic heterocycles. The number of hydrogen-bond donors (Lipinski definition) is 0. The predicted octanol–water partition coefficient (Wildman–Crippen LogP) is 6.80. The van der Waals surface area contributed by atoms with Gasteiger partial charge in [0.2, 0.25) is 0 Å². The molecule has 2 rings (SSSR count). The van der Waals surface area contributed by atoms with Gasteiger partial charge in [-0.15, -0.1) is 0 Å². The van der Waals surface area contributed by atoms with Crippen LogP contribution in [0.1, 0.15) is 91.1 Å². The van der Waals surface area contributed by atoms with Gasteiger partial charge in [-0.3, -0.25) is 9.78 Å². The van der Waals surface area contributed by atoms with E-state index >= 15 is 0 Å². The van der Waals surface area contributed by atoms with Crippen molar-refractivity contribution in [2.45, 2.75) is 72.1 Å². The molecule has 0 saturated heterocycles. The van der Waals surface area contributed by atoms with Gasteiger partial charge < -0.3 is 9.47 Å². The maximum absolute atomic E-state index is 11.9. The van der Waals surface area contributed by atoms with Crippen LogP contribution in [0.15, 0.2) is 48.5 Å². The lowest BCUT2D eigenvalue weighted by atomic mass is 10.1. The fraction of sp³-hybridized carbons (Fsp3) is 0.467. The minimum atomic E-state index is -1.19. The Hall–Kier alpha value is -4.16. The van der Waals surface area contributed by atoms with Gasteiger partial charge in [0.15, 0.2) is 0 Å². The summed E-state index contributed by atoms with van der Waals surface area (Å²) in [7, 11) is 0. The third kappa shape index (κ3) is 14.0. The van der Waals surface area contributed by atoms with Crippen molar-refractivity contribution in [2.24, 2.45) is 5.92 Å². The van der Waals surface area contributed by atoms with Crippen LogP contribution in [0.3, 0.4) is 0 Å². The van der Waals surface area contributed by atoms with Crippen LogP contribution >= 0.6 is 0 Å². The van der Waals surface area contributed by atoms with E-state index < -0.39 is 24.2 Å². The van der Waals surface area contributed by atoms with Crippen LogP contribution in [-0.4, -0.2) is 37.5 Å². The van der Waals surface area contributed by atoms with Gasteiger partial charge in [-0.05, 0) is 79.8 Å². The highest BCUT2D eigenvalue weighted by Gasteiger charge is 2.15. The minimum absolute atomic E-state index is 0.0244. The van der Waals surface area contributed by atoms with E-state index in [0.29, 0.717) is 12.8 Å². The van der Waals surface area contributed by atoms with E-state index in [4.69, 9.17) is 9.47 Å². The average Bonchev–Trinajstić information content (AvgIpc) is 2.99. The summed E-state index contributed by atoms with van der Waals surface area (Å²) in [6.07, 6.45) is 4.50. The zero-order valence-electron chi connectivity index (χ0n) is 24.2. The molecule has 42 heavy (non-hydrogen) atoms. The first-order chi connectivity index (χ1) is 20.3. The summed E-state index contributed by atoms with van der Waals surface area (Å²) in [5.41, 5.74) is 2.68. The Bertz CT molecular complexity index is 1010. The standard InChI is InChI=1S/C30H38O12/c1-4-6-8-23-10-14-25(15-11-23)27(31)37-41-39-29(33)35-20-18-22(3)19-21-36-30(34)40-42-38-28(32)26-16-12-24(13-17-26)9-7-5-2/h10-17,22H,4-9,18-21H2,1-3H3. The van der Waals surface area contributed by atoms with Gasteiger partial charge in [-0.25, -0.2) is 29.0 Å². The van der Waals surface area contributed by atoms with Crippen LogP contribution in [0.5, 0.6) is 0 Å². The fourth-order valence-electron chi connectivity index (χ4n) is 3.50. The quantitative estimate of drug-likeness (QED) is 0.102. The van der Waals surface area contributed by atoms with Crippen molar-refractivity contribution in [3.05, 3.63) is 70.8 Å². The molecule has 12 heteroatoms. The van der Waals surface area contributed by atoms with Crippen molar-refractivity contribution in [3.63, 3.8) is 0 Å². The third-order valence-electron chi connectivity index (χ3n) is 6.10. The molecule has 230 valence electrons. The highest BCUT2D eigenvalue weighted by molar-refractivity contribution is 5.89. The zero-order chi connectivity index (χ0) is 30.6. The number of aryl methyl sites for hydroxylation is 2. The Labute approximate surface area is 244 Å². The van der Waals surface area contributed by atoms with Crippen LogP contribution in [0, 0.1) is 5.92 Å². The van der Waals surface area contributed by atoms with Crippen molar-refractivity contribution in [1.82, 2.24) is 0 Å². The second-order valence-corrected chi connectivity index (χ2v) is 9.52. The number of ether oxygens (including phenoxy) is 2. The minimum Gasteiger partial charge on any atom is -0.432 e. The SMILES string of the molecule is CCCCc1ccc(C(=O)OOOC(=O)OCCC(C)CCOC(=O)OOOC(=O)c2ccc(CCCC)cc2)cc1. The molecule has 12 nitrogen and oxygen atoms in total. The number of benzene rings is 2. The van der Waals surface area contributed by atoms with Crippen LogP contribution in [0.2, 0.25) is 0 Å². The smallest absolute Gasteiger partial charge is 0.432 e. The van der Waals surface area contributed by atoms with Crippen molar-refractivity contribution in [3.8, 4) is 0 Å². The van der Waals surface area contributed by atoms with Gasteiger partial charge >= 0.3 is 24.2 Å². The van der Waals surface area contributed by atoms with E-state index in [9.17, 15) is 19.2 Å². The van der Waals surface area contributed by atoms with Gasteiger partial charge in [0.05, 0.1) is 34.4 Å². The van der Waals surface area contributed by atoms with Crippen LogP contribution < -0.4 is 0 Å². The molecule has 0 spiro atoms. The number of carbonyl (C=O) groups excluding carboxylic acids is 4. The van der Waals surface area contributed by atoms with Crippen LogP contribution in [-0.2, 0) is 51.9 Å². The zero-order valence-corrected chi connectivity index (χ0v) is 24.2. The van der Waals surface area contributed by atoms with Gasteiger partial charge in [-0.1, -0.05) is 57.9 Å². The Morgan fingerprint density at radius 1 is 0.595 bits per heavy atom. The average molecular weight is 591 g/mol. The summed E-state index contributed by atoms with van der Waals surface area (Å²) in [5, 5.41) is 8.41. The summed E-state index contributed by atoms with van der Waals surface area (Å²) in [4.78, 5) is 64.5. The highest BCUT2D eigenvalue weighted by atomic mass is 17.5. The molecule has 2 aromatic rings. The summed E-state index contributed by atoms with van der Waals surface area (Å²) in [6.45, 7) is 5.98.